The number of methoxy groups -OCH3 is 1. The smallest absolute Gasteiger partial charge is 0.318 e. The van der Waals surface area contributed by atoms with Gasteiger partial charge < -0.3 is 15.0 Å². The molecule has 0 radical (unpaired) electrons. The fourth-order valence-electron chi connectivity index (χ4n) is 4.12. The minimum atomic E-state index is -0.521. The summed E-state index contributed by atoms with van der Waals surface area (Å²) in [5.41, 5.74) is 1.05. The van der Waals surface area contributed by atoms with E-state index in [9.17, 15) is 0 Å². The quantitative estimate of drug-likeness (QED) is 0.452. The normalized spacial score (nSPS) is 14.4. The van der Waals surface area contributed by atoms with Crippen molar-refractivity contribution in [1.82, 2.24) is 15.3 Å². The highest BCUT2D eigenvalue weighted by molar-refractivity contribution is 6.38. The van der Waals surface area contributed by atoms with Crippen LogP contribution in [0.15, 0.2) is 42.5 Å². The molecule has 0 spiro atoms. The van der Waals surface area contributed by atoms with Crippen LogP contribution in [0, 0.1) is 5.82 Å². The zero-order chi connectivity index (χ0) is 21.5. The van der Waals surface area contributed by atoms with E-state index in [1.54, 1.807) is 12.1 Å². The Bertz CT molecular complexity index is 1300. The van der Waals surface area contributed by atoms with E-state index in [0.29, 0.717) is 21.8 Å². The fraction of sp³-hybridized carbons (Fsp3) is 0.217. The highest BCUT2D eigenvalue weighted by atomic mass is 35.5. The first-order chi connectivity index (χ1) is 15.1. The van der Waals surface area contributed by atoms with Gasteiger partial charge in [0.05, 0.1) is 12.1 Å². The van der Waals surface area contributed by atoms with Crippen molar-refractivity contribution in [3.63, 3.8) is 0 Å². The number of piperazine rings is 1. The standard InChI is InChI=1S/C23H19Cl2FN4O/c1-31-23-28-21-15(22(29-23)30-10-8-27-9-11-30)12-17(25)19(20(21)26)14-6-2-4-13-5-3-7-16(24)18(13)14/h2-7,12,27H,8-11H2,1H3. The number of ether oxygens (including phenoxy) is 1. The molecule has 0 unspecified atom stereocenters. The average Bonchev–Trinajstić information content (AvgIpc) is 2.79. The summed E-state index contributed by atoms with van der Waals surface area (Å²) in [6, 6.07) is 13.1. The van der Waals surface area contributed by atoms with E-state index in [4.69, 9.17) is 27.9 Å². The zero-order valence-electron chi connectivity index (χ0n) is 16.8. The van der Waals surface area contributed by atoms with Gasteiger partial charge in [0.2, 0.25) is 0 Å². The van der Waals surface area contributed by atoms with Gasteiger partial charge in [-0.15, -0.1) is 0 Å². The van der Waals surface area contributed by atoms with Crippen molar-refractivity contribution in [2.45, 2.75) is 0 Å². The Hall–Kier alpha value is -2.67. The van der Waals surface area contributed by atoms with E-state index in [2.05, 4.69) is 20.2 Å². The van der Waals surface area contributed by atoms with Gasteiger partial charge in [-0.05, 0) is 23.1 Å². The lowest BCUT2D eigenvalue weighted by molar-refractivity contribution is 0.381. The highest BCUT2D eigenvalue weighted by Crippen LogP contribution is 2.42. The van der Waals surface area contributed by atoms with Crippen LogP contribution in [0.4, 0.5) is 10.2 Å². The van der Waals surface area contributed by atoms with Crippen LogP contribution in [0.5, 0.6) is 6.01 Å². The van der Waals surface area contributed by atoms with E-state index in [0.717, 1.165) is 37.0 Å². The van der Waals surface area contributed by atoms with Crippen LogP contribution < -0.4 is 15.0 Å². The molecule has 0 saturated carbocycles. The van der Waals surface area contributed by atoms with Gasteiger partial charge >= 0.3 is 6.01 Å². The first-order valence-electron chi connectivity index (χ1n) is 9.95. The first kappa shape index (κ1) is 20.2. The summed E-state index contributed by atoms with van der Waals surface area (Å²) < 4.78 is 21.3. The maximum Gasteiger partial charge on any atom is 0.318 e. The van der Waals surface area contributed by atoms with Crippen LogP contribution in [0.2, 0.25) is 10.0 Å². The van der Waals surface area contributed by atoms with Crippen molar-refractivity contribution in [3.05, 3.63) is 58.3 Å². The summed E-state index contributed by atoms with van der Waals surface area (Å²) in [6.45, 7) is 3.12. The van der Waals surface area contributed by atoms with E-state index >= 15 is 4.39 Å². The number of rotatable bonds is 3. The summed E-state index contributed by atoms with van der Waals surface area (Å²) in [6.07, 6.45) is 0. The molecule has 3 aromatic carbocycles. The number of nitrogens with zero attached hydrogens (tertiary/aromatic N) is 3. The van der Waals surface area contributed by atoms with E-state index < -0.39 is 5.82 Å². The molecular weight excluding hydrogens is 438 g/mol. The SMILES string of the molecule is COc1nc(N2CCNCC2)c2cc(Cl)c(-c3cccc4cccc(Cl)c34)c(F)c2n1. The van der Waals surface area contributed by atoms with Gasteiger partial charge in [0, 0.05) is 47.5 Å². The second-order valence-electron chi connectivity index (χ2n) is 7.36. The molecular formula is C23H19Cl2FN4O. The average molecular weight is 457 g/mol. The number of hydrogen-bond acceptors (Lipinski definition) is 5. The second kappa shape index (κ2) is 8.11. The Morgan fingerprint density at radius 1 is 1.03 bits per heavy atom. The molecule has 0 bridgehead atoms. The number of benzene rings is 3. The first-order valence-corrected chi connectivity index (χ1v) is 10.7. The van der Waals surface area contributed by atoms with Gasteiger partial charge in [-0.25, -0.2) is 4.39 Å². The Morgan fingerprint density at radius 3 is 2.52 bits per heavy atom. The third-order valence-electron chi connectivity index (χ3n) is 5.56. The Balaban J connectivity index is 1.81. The Labute approximate surface area is 188 Å². The topological polar surface area (TPSA) is 50.3 Å². The maximum atomic E-state index is 16.0. The monoisotopic (exact) mass is 456 g/mol. The van der Waals surface area contributed by atoms with Crippen molar-refractivity contribution in [2.24, 2.45) is 0 Å². The third-order valence-corrected chi connectivity index (χ3v) is 6.18. The lowest BCUT2D eigenvalue weighted by atomic mass is 9.96. The predicted molar refractivity (Wildman–Crippen MR) is 124 cm³/mol. The molecule has 1 aliphatic rings. The van der Waals surface area contributed by atoms with Gasteiger partial charge in [-0.1, -0.05) is 53.5 Å². The second-order valence-corrected chi connectivity index (χ2v) is 8.17. The summed E-state index contributed by atoms with van der Waals surface area (Å²) in [5.74, 6) is 0.0960. The van der Waals surface area contributed by atoms with Gasteiger partial charge in [0.15, 0.2) is 5.82 Å². The third kappa shape index (κ3) is 3.45. The van der Waals surface area contributed by atoms with E-state index in [1.807, 2.05) is 30.3 Å². The van der Waals surface area contributed by atoms with Gasteiger partial charge in [-0.2, -0.15) is 9.97 Å². The number of fused-ring (bicyclic) bond motifs is 2. The molecule has 5 rings (SSSR count). The van der Waals surface area contributed by atoms with Crippen molar-refractivity contribution in [2.75, 3.05) is 38.2 Å². The number of aromatic nitrogens is 2. The van der Waals surface area contributed by atoms with Crippen molar-refractivity contribution in [3.8, 4) is 17.1 Å². The lowest BCUT2D eigenvalue weighted by Crippen LogP contribution is -2.44. The minimum absolute atomic E-state index is 0.115. The highest BCUT2D eigenvalue weighted by Gasteiger charge is 2.24. The van der Waals surface area contributed by atoms with Crippen LogP contribution in [0.25, 0.3) is 32.8 Å². The van der Waals surface area contributed by atoms with Crippen LogP contribution >= 0.6 is 23.2 Å². The molecule has 1 saturated heterocycles. The molecule has 8 heteroatoms. The molecule has 1 fully saturated rings. The van der Waals surface area contributed by atoms with Gasteiger partial charge in [0.1, 0.15) is 11.3 Å². The molecule has 0 atom stereocenters. The minimum Gasteiger partial charge on any atom is -0.467 e. The Kier molecular flexibility index (Phi) is 5.30. The Morgan fingerprint density at radius 2 is 1.77 bits per heavy atom. The summed E-state index contributed by atoms with van der Waals surface area (Å²) in [7, 11) is 1.47. The van der Waals surface area contributed by atoms with Gasteiger partial charge in [-0.3, -0.25) is 0 Å². The van der Waals surface area contributed by atoms with Crippen LogP contribution in [0.3, 0.4) is 0 Å². The van der Waals surface area contributed by atoms with Gasteiger partial charge in [0.25, 0.3) is 0 Å². The van der Waals surface area contributed by atoms with E-state index in [-0.39, 0.29) is 22.1 Å². The van der Waals surface area contributed by atoms with Crippen molar-refractivity contribution in [1.29, 1.82) is 0 Å². The molecule has 1 aromatic heterocycles. The summed E-state index contributed by atoms with van der Waals surface area (Å²) >= 11 is 13.2. The number of nitrogens with one attached hydrogen (secondary N) is 1. The summed E-state index contributed by atoms with van der Waals surface area (Å²) in [4.78, 5) is 10.9. The lowest BCUT2D eigenvalue weighted by Gasteiger charge is -2.29. The van der Waals surface area contributed by atoms with Crippen LogP contribution in [-0.4, -0.2) is 43.3 Å². The molecule has 1 N–H and O–H groups in total. The largest absolute Gasteiger partial charge is 0.467 e. The molecule has 31 heavy (non-hydrogen) atoms. The van der Waals surface area contributed by atoms with Crippen molar-refractivity contribution < 1.29 is 9.13 Å². The van der Waals surface area contributed by atoms with Crippen LogP contribution in [-0.2, 0) is 0 Å². The molecule has 1 aliphatic heterocycles. The number of hydrogen-bond donors (Lipinski definition) is 1. The number of halogens is 3. The molecule has 4 aromatic rings. The fourth-order valence-corrected chi connectivity index (χ4v) is 4.70. The molecule has 5 nitrogen and oxygen atoms in total. The maximum absolute atomic E-state index is 16.0. The predicted octanol–water partition coefficient (Wildman–Crippen LogP) is 5.31. The molecule has 158 valence electrons. The molecule has 2 heterocycles. The molecule has 0 amide bonds. The summed E-state index contributed by atoms with van der Waals surface area (Å²) in [5, 5.41) is 6.33. The van der Waals surface area contributed by atoms with Crippen molar-refractivity contribution >= 4 is 50.7 Å². The number of anilines is 1. The van der Waals surface area contributed by atoms with Crippen LogP contribution in [0.1, 0.15) is 0 Å². The van der Waals surface area contributed by atoms with E-state index in [1.165, 1.54) is 7.11 Å². The molecule has 0 aliphatic carbocycles. The zero-order valence-corrected chi connectivity index (χ0v) is 18.3.